The second kappa shape index (κ2) is 6.10. The molecule has 0 aliphatic rings. The predicted molar refractivity (Wildman–Crippen MR) is 87.1 cm³/mol. The van der Waals surface area contributed by atoms with E-state index in [1.807, 2.05) is 24.3 Å². The van der Waals surface area contributed by atoms with Crippen molar-refractivity contribution in [2.24, 2.45) is 5.73 Å². The minimum atomic E-state index is -0.0144. The van der Waals surface area contributed by atoms with Crippen molar-refractivity contribution in [2.75, 3.05) is 0 Å². The molecule has 3 aromatic rings. The summed E-state index contributed by atoms with van der Waals surface area (Å²) in [5, 5.41) is 0. The van der Waals surface area contributed by atoms with Crippen LogP contribution in [-0.4, -0.2) is 9.55 Å². The first-order valence-electron chi connectivity index (χ1n) is 7.54. The van der Waals surface area contributed by atoms with E-state index in [9.17, 15) is 0 Å². The highest BCUT2D eigenvalue weighted by Crippen LogP contribution is 2.21. The molecule has 0 spiro atoms. The number of nitrogens with zero attached hydrogens (tertiary/aromatic N) is 2. The Kier molecular flexibility index (Phi) is 4.02. The maximum Gasteiger partial charge on any atom is 0.109 e. The number of aryl methyl sites for hydroxylation is 1. The van der Waals surface area contributed by atoms with Crippen LogP contribution >= 0.6 is 0 Å². The number of hydrogen-bond donors (Lipinski definition) is 1. The lowest BCUT2D eigenvalue weighted by Gasteiger charge is -2.15. The van der Waals surface area contributed by atoms with Crippen LogP contribution in [-0.2, 0) is 13.0 Å². The van der Waals surface area contributed by atoms with Gasteiger partial charge in [0, 0.05) is 19.0 Å². The Morgan fingerprint density at radius 2 is 1.76 bits per heavy atom. The molecule has 0 bridgehead atoms. The van der Waals surface area contributed by atoms with Gasteiger partial charge in [-0.3, -0.25) is 0 Å². The Labute approximate surface area is 125 Å². The zero-order valence-corrected chi connectivity index (χ0v) is 12.4. The number of fused-ring (bicyclic) bond motifs is 1. The maximum absolute atomic E-state index is 6.39. The molecule has 0 fully saturated rings. The molecule has 0 radical (unpaired) electrons. The summed E-state index contributed by atoms with van der Waals surface area (Å²) in [7, 11) is 0. The summed E-state index contributed by atoms with van der Waals surface area (Å²) >= 11 is 0. The van der Waals surface area contributed by atoms with E-state index in [0.717, 1.165) is 36.3 Å². The van der Waals surface area contributed by atoms with Crippen LogP contribution in [0.2, 0.25) is 0 Å². The smallest absolute Gasteiger partial charge is 0.109 e. The molecule has 0 aliphatic heterocycles. The topological polar surface area (TPSA) is 43.8 Å². The average molecular weight is 279 g/mol. The van der Waals surface area contributed by atoms with Crippen LogP contribution in [0.1, 0.15) is 30.8 Å². The average Bonchev–Trinajstić information content (AvgIpc) is 2.86. The number of aromatic nitrogens is 2. The fourth-order valence-electron chi connectivity index (χ4n) is 2.75. The van der Waals surface area contributed by atoms with Crippen LogP contribution in [0.25, 0.3) is 11.0 Å². The van der Waals surface area contributed by atoms with E-state index in [1.54, 1.807) is 0 Å². The van der Waals surface area contributed by atoms with Crippen molar-refractivity contribution >= 4 is 11.0 Å². The summed E-state index contributed by atoms with van der Waals surface area (Å²) in [6, 6.07) is 18.5. The molecule has 0 saturated heterocycles. The van der Waals surface area contributed by atoms with Crippen LogP contribution in [0, 0.1) is 0 Å². The Morgan fingerprint density at radius 3 is 2.52 bits per heavy atom. The van der Waals surface area contributed by atoms with Gasteiger partial charge in [0.1, 0.15) is 5.82 Å². The maximum atomic E-state index is 6.39. The molecule has 3 rings (SSSR count). The molecule has 108 valence electrons. The minimum absolute atomic E-state index is 0.0144. The fourth-order valence-corrected chi connectivity index (χ4v) is 2.75. The van der Waals surface area contributed by atoms with Gasteiger partial charge in [0.05, 0.1) is 11.0 Å². The first kappa shape index (κ1) is 13.8. The van der Waals surface area contributed by atoms with E-state index in [0.29, 0.717) is 0 Å². The second-order valence-electron chi connectivity index (χ2n) is 5.39. The van der Waals surface area contributed by atoms with Crippen LogP contribution in [0.3, 0.4) is 0 Å². The summed E-state index contributed by atoms with van der Waals surface area (Å²) in [6.07, 6.45) is 2.07. The van der Waals surface area contributed by atoms with Crippen molar-refractivity contribution in [2.45, 2.75) is 32.4 Å². The van der Waals surface area contributed by atoms with Gasteiger partial charge in [-0.15, -0.1) is 0 Å². The number of imidazole rings is 1. The van der Waals surface area contributed by atoms with E-state index >= 15 is 0 Å². The highest BCUT2D eigenvalue weighted by molar-refractivity contribution is 5.75. The number of benzene rings is 2. The highest BCUT2D eigenvalue weighted by Gasteiger charge is 2.13. The Morgan fingerprint density at radius 1 is 1.05 bits per heavy atom. The predicted octanol–water partition coefficient (Wildman–Crippen LogP) is 3.69. The lowest BCUT2D eigenvalue weighted by Crippen LogP contribution is -2.19. The SMILES string of the molecule is CCCc1nc2ccccc2n1CC(N)c1ccccc1. The van der Waals surface area contributed by atoms with E-state index in [4.69, 9.17) is 10.7 Å². The van der Waals surface area contributed by atoms with Gasteiger partial charge in [-0.1, -0.05) is 49.4 Å². The van der Waals surface area contributed by atoms with Gasteiger partial charge in [-0.2, -0.15) is 0 Å². The van der Waals surface area contributed by atoms with Crippen molar-refractivity contribution in [1.82, 2.24) is 9.55 Å². The lowest BCUT2D eigenvalue weighted by atomic mass is 10.1. The molecule has 1 atom stereocenters. The number of nitrogens with two attached hydrogens (primary N) is 1. The van der Waals surface area contributed by atoms with E-state index < -0.39 is 0 Å². The summed E-state index contributed by atoms with van der Waals surface area (Å²) < 4.78 is 2.27. The first-order valence-corrected chi connectivity index (χ1v) is 7.54. The highest BCUT2D eigenvalue weighted by atomic mass is 15.1. The zero-order chi connectivity index (χ0) is 14.7. The molecule has 2 aromatic carbocycles. The molecule has 2 N–H and O–H groups in total. The van der Waals surface area contributed by atoms with Crippen LogP contribution < -0.4 is 5.73 Å². The number of hydrogen-bond acceptors (Lipinski definition) is 2. The summed E-state index contributed by atoms with van der Waals surface area (Å²) in [5.74, 6) is 1.13. The van der Waals surface area contributed by atoms with Crippen molar-refractivity contribution in [3.63, 3.8) is 0 Å². The van der Waals surface area contributed by atoms with Gasteiger partial charge in [0.2, 0.25) is 0 Å². The molecule has 0 saturated carbocycles. The molecule has 1 aromatic heterocycles. The summed E-state index contributed by atoms with van der Waals surface area (Å²) in [6.45, 7) is 2.95. The summed E-state index contributed by atoms with van der Waals surface area (Å²) in [4.78, 5) is 4.76. The molecule has 1 unspecified atom stereocenters. The fraction of sp³-hybridized carbons (Fsp3) is 0.278. The van der Waals surface area contributed by atoms with Gasteiger partial charge in [-0.25, -0.2) is 4.98 Å². The summed E-state index contributed by atoms with van der Waals surface area (Å²) in [5.41, 5.74) is 9.79. The molecule has 3 nitrogen and oxygen atoms in total. The number of para-hydroxylation sites is 2. The first-order chi connectivity index (χ1) is 10.3. The third-order valence-corrected chi connectivity index (χ3v) is 3.81. The molecule has 1 heterocycles. The standard InChI is InChI=1S/C18H21N3/c1-2-8-18-20-16-11-6-7-12-17(16)21(18)13-15(19)14-9-4-3-5-10-14/h3-7,9-12,15H,2,8,13,19H2,1H3. The zero-order valence-electron chi connectivity index (χ0n) is 12.4. The largest absolute Gasteiger partial charge is 0.326 e. The van der Waals surface area contributed by atoms with Crippen LogP contribution in [0.15, 0.2) is 54.6 Å². The van der Waals surface area contributed by atoms with E-state index in [-0.39, 0.29) is 6.04 Å². The van der Waals surface area contributed by atoms with E-state index in [2.05, 4.69) is 41.8 Å². The van der Waals surface area contributed by atoms with Gasteiger partial charge < -0.3 is 10.3 Å². The lowest BCUT2D eigenvalue weighted by molar-refractivity contribution is 0.564. The molecule has 0 aliphatic carbocycles. The van der Waals surface area contributed by atoms with E-state index in [1.165, 1.54) is 5.52 Å². The van der Waals surface area contributed by atoms with Crippen LogP contribution in [0.5, 0.6) is 0 Å². The van der Waals surface area contributed by atoms with Crippen molar-refractivity contribution in [3.05, 3.63) is 66.0 Å². The molecule has 3 heteroatoms. The van der Waals surface area contributed by atoms with Gasteiger partial charge >= 0.3 is 0 Å². The van der Waals surface area contributed by atoms with Crippen molar-refractivity contribution < 1.29 is 0 Å². The molecular weight excluding hydrogens is 258 g/mol. The monoisotopic (exact) mass is 279 g/mol. The molecule has 0 amide bonds. The van der Waals surface area contributed by atoms with Crippen LogP contribution in [0.4, 0.5) is 0 Å². The Hall–Kier alpha value is -2.13. The number of rotatable bonds is 5. The molecule has 21 heavy (non-hydrogen) atoms. The second-order valence-corrected chi connectivity index (χ2v) is 5.39. The van der Waals surface area contributed by atoms with Gasteiger partial charge in [0.15, 0.2) is 0 Å². The Balaban J connectivity index is 1.97. The Bertz CT molecular complexity index is 716. The third kappa shape index (κ3) is 2.83. The normalized spacial score (nSPS) is 12.7. The van der Waals surface area contributed by atoms with Crippen molar-refractivity contribution in [3.8, 4) is 0 Å². The van der Waals surface area contributed by atoms with Gasteiger partial charge in [0.25, 0.3) is 0 Å². The molecular formula is C18H21N3. The quantitative estimate of drug-likeness (QED) is 0.774. The third-order valence-electron chi connectivity index (χ3n) is 3.81. The van der Waals surface area contributed by atoms with Gasteiger partial charge in [-0.05, 0) is 24.1 Å². The van der Waals surface area contributed by atoms with Crippen molar-refractivity contribution in [1.29, 1.82) is 0 Å². The minimum Gasteiger partial charge on any atom is -0.326 e.